The second kappa shape index (κ2) is 7.40. The van der Waals surface area contributed by atoms with Crippen molar-refractivity contribution in [2.75, 3.05) is 31.8 Å². The van der Waals surface area contributed by atoms with Gasteiger partial charge in [0, 0.05) is 25.5 Å². The summed E-state index contributed by atoms with van der Waals surface area (Å²) in [7, 11) is 5.16. The third-order valence-electron chi connectivity index (χ3n) is 3.85. The Morgan fingerprint density at radius 2 is 1.93 bits per heavy atom. The molecular weight excluding hydrogens is 348 g/mol. The summed E-state index contributed by atoms with van der Waals surface area (Å²) in [5.41, 5.74) is 7.35. The van der Waals surface area contributed by atoms with Gasteiger partial charge in [-0.2, -0.15) is 15.0 Å². The van der Waals surface area contributed by atoms with Crippen LogP contribution in [0.5, 0.6) is 5.75 Å². The first-order valence-corrected chi connectivity index (χ1v) is 8.17. The van der Waals surface area contributed by atoms with E-state index < -0.39 is 5.97 Å². The molecular formula is C18H20N6O3. The maximum atomic E-state index is 12.5. The van der Waals surface area contributed by atoms with Crippen LogP contribution in [-0.4, -0.2) is 47.1 Å². The van der Waals surface area contributed by atoms with Crippen molar-refractivity contribution in [3.63, 3.8) is 0 Å². The number of methoxy groups -OCH3 is 1. The molecule has 0 saturated carbocycles. The summed E-state index contributed by atoms with van der Waals surface area (Å²) in [6.07, 6.45) is 0. The average Bonchev–Trinajstić information content (AvgIpc) is 2.64. The number of nitrogens with two attached hydrogens (primary N) is 1. The second-order valence-electron chi connectivity index (χ2n) is 6.06. The number of aromatic nitrogens is 4. The molecule has 2 heterocycles. The third-order valence-corrected chi connectivity index (χ3v) is 3.85. The van der Waals surface area contributed by atoms with E-state index >= 15 is 0 Å². The Labute approximate surface area is 156 Å². The van der Waals surface area contributed by atoms with Gasteiger partial charge in [-0.25, -0.2) is 4.79 Å². The normalized spacial score (nSPS) is 10.7. The van der Waals surface area contributed by atoms with E-state index in [0.29, 0.717) is 23.0 Å². The first kappa shape index (κ1) is 18.3. The van der Waals surface area contributed by atoms with Crippen molar-refractivity contribution >= 4 is 28.8 Å². The van der Waals surface area contributed by atoms with Gasteiger partial charge in [0.1, 0.15) is 5.75 Å². The van der Waals surface area contributed by atoms with Gasteiger partial charge in [0.25, 0.3) is 0 Å². The lowest BCUT2D eigenvalue weighted by atomic mass is 10.1. The fourth-order valence-electron chi connectivity index (χ4n) is 2.47. The van der Waals surface area contributed by atoms with Crippen LogP contribution in [-0.2, 0) is 11.3 Å². The molecule has 0 amide bonds. The molecule has 9 nitrogen and oxygen atoms in total. The summed E-state index contributed by atoms with van der Waals surface area (Å²) < 4.78 is 10.5. The van der Waals surface area contributed by atoms with E-state index in [-0.39, 0.29) is 18.4 Å². The highest BCUT2D eigenvalue weighted by atomic mass is 16.5. The van der Waals surface area contributed by atoms with Gasteiger partial charge in [-0.05, 0) is 25.1 Å². The van der Waals surface area contributed by atoms with Gasteiger partial charge in [0.15, 0.2) is 12.4 Å². The Morgan fingerprint density at radius 1 is 1.15 bits per heavy atom. The van der Waals surface area contributed by atoms with Gasteiger partial charge in [-0.1, -0.05) is 0 Å². The number of ether oxygens (including phenoxy) is 2. The van der Waals surface area contributed by atoms with Crippen molar-refractivity contribution in [2.24, 2.45) is 0 Å². The first-order chi connectivity index (χ1) is 12.9. The Hall–Kier alpha value is -3.49. The molecule has 0 atom stereocenters. The fraction of sp³-hybridized carbons (Fsp3) is 0.278. The lowest BCUT2D eigenvalue weighted by Gasteiger charge is -2.12. The molecule has 0 aliphatic rings. The number of carbonyl (C=O) groups is 1. The predicted octanol–water partition coefficient (Wildman–Crippen LogP) is 1.74. The molecule has 1 aromatic carbocycles. The molecule has 0 bridgehead atoms. The van der Waals surface area contributed by atoms with Crippen molar-refractivity contribution in [3.05, 3.63) is 41.3 Å². The number of anilines is 2. The lowest BCUT2D eigenvalue weighted by molar-refractivity contribution is 0.0461. The number of hydrogen-bond acceptors (Lipinski definition) is 9. The number of esters is 1. The molecule has 0 unspecified atom stereocenters. The maximum absolute atomic E-state index is 12.5. The van der Waals surface area contributed by atoms with Crippen molar-refractivity contribution in [2.45, 2.75) is 13.5 Å². The van der Waals surface area contributed by atoms with Crippen LogP contribution in [0.3, 0.4) is 0 Å². The zero-order valence-corrected chi connectivity index (χ0v) is 15.6. The summed E-state index contributed by atoms with van der Waals surface area (Å²) in [5.74, 6) is 0.927. The van der Waals surface area contributed by atoms with Crippen LogP contribution < -0.4 is 15.4 Å². The second-order valence-corrected chi connectivity index (χ2v) is 6.06. The predicted molar refractivity (Wildman–Crippen MR) is 101 cm³/mol. The van der Waals surface area contributed by atoms with E-state index in [1.165, 1.54) is 0 Å². The summed E-state index contributed by atoms with van der Waals surface area (Å²) in [6, 6.07) is 7.21. The smallest absolute Gasteiger partial charge is 0.340 e. The molecule has 0 aliphatic carbocycles. The average molecular weight is 368 g/mol. The van der Waals surface area contributed by atoms with Crippen molar-refractivity contribution in [1.29, 1.82) is 0 Å². The molecule has 0 saturated heterocycles. The molecule has 0 radical (unpaired) electrons. The summed E-state index contributed by atoms with van der Waals surface area (Å²) >= 11 is 0. The van der Waals surface area contributed by atoms with E-state index in [1.54, 1.807) is 39.1 Å². The summed E-state index contributed by atoms with van der Waals surface area (Å²) in [4.78, 5) is 30.9. The topological polar surface area (TPSA) is 116 Å². The highest BCUT2D eigenvalue weighted by Crippen LogP contribution is 2.22. The van der Waals surface area contributed by atoms with Crippen molar-refractivity contribution in [3.8, 4) is 5.75 Å². The van der Waals surface area contributed by atoms with Gasteiger partial charge in [-0.15, -0.1) is 0 Å². The summed E-state index contributed by atoms with van der Waals surface area (Å²) in [5, 5.41) is 0.813. The monoisotopic (exact) mass is 368 g/mol. The van der Waals surface area contributed by atoms with Gasteiger partial charge in [-0.3, -0.25) is 4.98 Å². The third kappa shape index (κ3) is 4.02. The largest absolute Gasteiger partial charge is 0.497 e. The fourth-order valence-corrected chi connectivity index (χ4v) is 2.47. The molecule has 0 spiro atoms. The van der Waals surface area contributed by atoms with E-state index in [2.05, 4.69) is 19.9 Å². The van der Waals surface area contributed by atoms with Crippen LogP contribution in [0.15, 0.2) is 24.3 Å². The standard InChI is InChI=1S/C18H20N6O3/c1-10-13(7-11-5-6-12(26-4)8-14(11)20-10)16(25)27-9-15-21-17(19)23-18(22-15)24(2)3/h5-8H,9H2,1-4H3,(H2,19,21,22,23). The zero-order chi connectivity index (χ0) is 19.6. The number of carbonyl (C=O) groups excluding carboxylic acids is 1. The molecule has 3 aromatic rings. The number of hydrogen-bond donors (Lipinski definition) is 1. The lowest BCUT2D eigenvalue weighted by Crippen LogP contribution is -2.17. The number of nitrogens with zero attached hydrogens (tertiary/aromatic N) is 5. The Balaban J connectivity index is 1.81. The number of benzene rings is 1. The van der Waals surface area contributed by atoms with Gasteiger partial charge < -0.3 is 20.1 Å². The number of pyridine rings is 1. The van der Waals surface area contributed by atoms with E-state index in [1.807, 2.05) is 18.2 Å². The van der Waals surface area contributed by atoms with Crippen LogP contribution in [0, 0.1) is 6.92 Å². The van der Waals surface area contributed by atoms with E-state index in [9.17, 15) is 4.79 Å². The molecule has 2 aromatic heterocycles. The van der Waals surface area contributed by atoms with Crippen LogP contribution in [0.1, 0.15) is 21.9 Å². The van der Waals surface area contributed by atoms with Gasteiger partial charge in [0.05, 0.1) is 23.9 Å². The van der Waals surface area contributed by atoms with Gasteiger partial charge in [0.2, 0.25) is 11.9 Å². The van der Waals surface area contributed by atoms with Crippen LogP contribution in [0.2, 0.25) is 0 Å². The minimum atomic E-state index is -0.511. The first-order valence-electron chi connectivity index (χ1n) is 8.17. The quantitative estimate of drug-likeness (QED) is 0.672. The van der Waals surface area contributed by atoms with Gasteiger partial charge >= 0.3 is 5.97 Å². The van der Waals surface area contributed by atoms with Crippen LogP contribution in [0.4, 0.5) is 11.9 Å². The number of nitrogen functional groups attached to an aromatic ring is 1. The minimum absolute atomic E-state index is 0.0669. The molecule has 2 N–H and O–H groups in total. The Kier molecular flexibility index (Phi) is 5.02. The highest BCUT2D eigenvalue weighted by Gasteiger charge is 2.15. The number of aryl methyl sites for hydroxylation is 1. The molecule has 3 rings (SSSR count). The van der Waals surface area contributed by atoms with Crippen LogP contribution in [0.25, 0.3) is 10.9 Å². The zero-order valence-electron chi connectivity index (χ0n) is 15.6. The molecule has 9 heteroatoms. The van der Waals surface area contributed by atoms with E-state index in [0.717, 1.165) is 10.9 Å². The Morgan fingerprint density at radius 3 is 2.63 bits per heavy atom. The number of fused-ring (bicyclic) bond motifs is 1. The highest BCUT2D eigenvalue weighted by molar-refractivity contribution is 5.95. The number of rotatable bonds is 5. The molecule has 27 heavy (non-hydrogen) atoms. The molecule has 0 aliphatic heterocycles. The van der Waals surface area contributed by atoms with Crippen molar-refractivity contribution in [1.82, 2.24) is 19.9 Å². The van der Waals surface area contributed by atoms with E-state index in [4.69, 9.17) is 15.2 Å². The maximum Gasteiger partial charge on any atom is 0.340 e. The summed E-state index contributed by atoms with van der Waals surface area (Å²) in [6.45, 7) is 1.63. The molecule has 0 fully saturated rings. The van der Waals surface area contributed by atoms with Crippen molar-refractivity contribution < 1.29 is 14.3 Å². The minimum Gasteiger partial charge on any atom is -0.497 e. The van der Waals surface area contributed by atoms with Crippen LogP contribution >= 0.6 is 0 Å². The molecule has 140 valence electrons. The Bertz CT molecular complexity index is 1010. The SMILES string of the molecule is COc1ccc2cc(C(=O)OCc3nc(N)nc(N(C)C)n3)c(C)nc2c1.